The van der Waals surface area contributed by atoms with Crippen molar-refractivity contribution in [2.75, 3.05) is 24.2 Å². The zero-order valence-electron chi connectivity index (χ0n) is 18.3. The van der Waals surface area contributed by atoms with Crippen LogP contribution in [0.25, 0.3) is 0 Å². The Morgan fingerprint density at radius 3 is 2.42 bits per heavy atom. The number of aromatic nitrogens is 2. The van der Waals surface area contributed by atoms with E-state index in [1.54, 1.807) is 0 Å². The maximum atomic E-state index is 12.3. The van der Waals surface area contributed by atoms with E-state index in [0.717, 1.165) is 43.2 Å². The first-order valence-corrected chi connectivity index (χ1v) is 12.9. The summed E-state index contributed by atoms with van der Waals surface area (Å²) in [5.74, 6) is 0.702. The summed E-state index contributed by atoms with van der Waals surface area (Å²) in [6, 6.07) is 20.0. The van der Waals surface area contributed by atoms with Crippen molar-refractivity contribution < 1.29 is 9.59 Å². The Morgan fingerprint density at radius 2 is 1.70 bits per heavy atom. The maximum Gasteiger partial charge on any atom is 0.286 e. The van der Waals surface area contributed by atoms with Gasteiger partial charge in [0.05, 0.1) is 5.75 Å². The highest BCUT2D eigenvalue weighted by molar-refractivity contribution is 7.99. The van der Waals surface area contributed by atoms with Gasteiger partial charge in [-0.25, -0.2) is 0 Å². The van der Waals surface area contributed by atoms with E-state index in [-0.39, 0.29) is 17.9 Å². The molecule has 2 heterocycles. The highest BCUT2D eigenvalue weighted by atomic mass is 32.2. The van der Waals surface area contributed by atoms with Crippen LogP contribution in [-0.4, -0.2) is 51.8 Å². The van der Waals surface area contributed by atoms with Crippen molar-refractivity contribution >= 4 is 40.6 Å². The number of anilines is 1. The maximum absolute atomic E-state index is 12.3. The number of hydrogen-bond donors (Lipinski definition) is 2. The van der Waals surface area contributed by atoms with Crippen molar-refractivity contribution in [3.05, 3.63) is 76.2 Å². The molecule has 2 aromatic carbocycles. The predicted octanol–water partition coefficient (Wildman–Crippen LogP) is 3.80. The van der Waals surface area contributed by atoms with Crippen LogP contribution in [0, 0.1) is 0 Å². The van der Waals surface area contributed by atoms with Crippen LogP contribution in [0.15, 0.2) is 60.7 Å². The number of piperidine rings is 1. The third-order valence-corrected chi connectivity index (χ3v) is 7.40. The molecule has 0 spiro atoms. The quantitative estimate of drug-likeness (QED) is 0.483. The number of likely N-dealkylation sites (tertiary alicyclic amines) is 1. The van der Waals surface area contributed by atoms with E-state index < -0.39 is 0 Å². The lowest BCUT2D eigenvalue weighted by Gasteiger charge is -2.32. The first-order chi connectivity index (χ1) is 16.2. The first kappa shape index (κ1) is 23.4. The van der Waals surface area contributed by atoms with Crippen molar-refractivity contribution in [2.45, 2.75) is 31.2 Å². The van der Waals surface area contributed by atoms with Gasteiger partial charge >= 0.3 is 0 Å². The highest BCUT2D eigenvalue weighted by Gasteiger charge is 2.21. The molecule has 2 N–H and O–H groups in total. The van der Waals surface area contributed by atoms with E-state index in [9.17, 15) is 9.59 Å². The van der Waals surface area contributed by atoms with Gasteiger partial charge in [0.1, 0.15) is 5.01 Å². The van der Waals surface area contributed by atoms with Crippen LogP contribution in [0.5, 0.6) is 0 Å². The van der Waals surface area contributed by atoms with Gasteiger partial charge < -0.3 is 10.6 Å². The SMILES string of the molecule is O=C(CSCc1nnc(C(=O)Nc2ccccc2)s1)NC1CCN(Cc2ccccc2)CC1. The normalized spacial score (nSPS) is 14.7. The minimum atomic E-state index is -0.272. The summed E-state index contributed by atoms with van der Waals surface area (Å²) < 4.78 is 0. The predicted molar refractivity (Wildman–Crippen MR) is 133 cm³/mol. The Balaban J connectivity index is 1.13. The number of nitrogens with zero attached hydrogens (tertiary/aromatic N) is 3. The number of para-hydroxylation sites is 1. The van der Waals surface area contributed by atoms with Crippen molar-refractivity contribution in [1.82, 2.24) is 20.4 Å². The molecule has 0 saturated carbocycles. The van der Waals surface area contributed by atoms with Gasteiger partial charge in [-0.3, -0.25) is 14.5 Å². The molecule has 2 amide bonds. The zero-order valence-corrected chi connectivity index (χ0v) is 19.9. The highest BCUT2D eigenvalue weighted by Crippen LogP contribution is 2.19. The second kappa shape index (κ2) is 11.9. The number of amides is 2. The first-order valence-electron chi connectivity index (χ1n) is 11.0. The number of hydrogen-bond acceptors (Lipinski definition) is 7. The number of carbonyl (C=O) groups excluding carboxylic acids is 2. The van der Waals surface area contributed by atoms with Gasteiger partial charge in [-0.15, -0.1) is 22.0 Å². The molecule has 172 valence electrons. The molecule has 3 aromatic rings. The van der Waals surface area contributed by atoms with Gasteiger partial charge in [-0.1, -0.05) is 59.9 Å². The Bertz CT molecular complexity index is 1040. The third kappa shape index (κ3) is 7.38. The molecule has 1 saturated heterocycles. The van der Waals surface area contributed by atoms with Crippen LogP contribution in [0.1, 0.15) is 33.2 Å². The van der Waals surface area contributed by atoms with Crippen molar-refractivity contribution in [3.8, 4) is 0 Å². The van der Waals surface area contributed by atoms with Gasteiger partial charge in [-0.2, -0.15) is 0 Å². The van der Waals surface area contributed by atoms with Crippen molar-refractivity contribution in [3.63, 3.8) is 0 Å². The smallest absolute Gasteiger partial charge is 0.286 e. The number of thioether (sulfide) groups is 1. The number of nitrogens with one attached hydrogen (secondary N) is 2. The van der Waals surface area contributed by atoms with Gasteiger partial charge in [0.15, 0.2) is 0 Å². The second-order valence-corrected chi connectivity index (χ2v) is 9.97. The van der Waals surface area contributed by atoms with E-state index in [4.69, 9.17) is 0 Å². The van der Waals surface area contributed by atoms with Crippen LogP contribution in [0.2, 0.25) is 0 Å². The fraction of sp³-hybridized carbons (Fsp3) is 0.333. The van der Waals surface area contributed by atoms with E-state index in [2.05, 4.69) is 50.0 Å². The molecule has 0 atom stereocenters. The fourth-order valence-electron chi connectivity index (χ4n) is 3.69. The molecule has 1 aliphatic rings. The molecule has 1 fully saturated rings. The third-order valence-electron chi connectivity index (χ3n) is 5.35. The minimum absolute atomic E-state index is 0.0491. The number of rotatable bonds is 9. The summed E-state index contributed by atoms with van der Waals surface area (Å²) >= 11 is 2.74. The molecule has 0 aliphatic carbocycles. The molecular formula is C24H27N5O2S2. The van der Waals surface area contributed by atoms with Crippen LogP contribution in [-0.2, 0) is 17.1 Å². The lowest BCUT2D eigenvalue weighted by Crippen LogP contribution is -2.44. The molecule has 33 heavy (non-hydrogen) atoms. The molecule has 9 heteroatoms. The molecular weight excluding hydrogens is 454 g/mol. The summed E-state index contributed by atoms with van der Waals surface area (Å²) in [6.07, 6.45) is 1.94. The fourth-order valence-corrected chi connectivity index (χ4v) is 5.31. The largest absolute Gasteiger partial charge is 0.353 e. The zero-order chi connectivity index (χ0) is 22.9. The molecule has 0 bridgehead atoms. The molecule has 0 unspecified atom stereocenters. The number of carbonyl (C=O) groups is 2. The average Bonchev–Trinajstić information content (AvgIpc) is 3.31. The molecule has 1 aliphatic heterocycles. The summed E-state index contributed by atoms with van der Waals surface area (Å²) in [5.41, 5.74) is 2.05. The monoisotopic (exact) mass is 481 g/mol. The Morgan fingerprint density at radius 1 is 1.00 bits per heavy atom. The lowest BCUT2D eigenvalue weighted by atomic mass is 10.0. The molecule has 0 radical (unpaired) electrons. The minimum Gasteiger partial charge on any atom is -0.353 e. The second-order valence-electron chi connectivity index (χ2n) is 7.92. The van der Waals surface area contributed by atoms with Crippen LogP contribution < -0.4 is 10.6 Å². The van der Waals surface area contributed by atoms with E-state index in [0.29, 0.717) is 16.5 Å². The molecule has 7 nitrogen and oxygen atoms in total. The molecule has 1 aromatic heterocycles. The molecule has 4 rings (SSSR count). The summed E-state index contributed by atoms with van der Waals surface area (Å²) in [4.78, 5) is 27.1. The van der Waals surface area contributed by atoms with Gasteiger partial charge in [0.25, 0.3) is 5.91 Å². The van der Waals surface area contributed by atoms with E-state index in [1.165, 1.54) is 28.7 Å². The average molecular weight is 482 g/mol. The van der Waals surface area contributed by atoms with Crippen molar-refractivity contribution in [1.29, 1.82) is 0 Å². The van der Waals surface area contributed by atoms with Crippen LogP contribution in [0.4, 0.5) is 5.69 Å². The van der Waals surface area contributed by atoms with Crippen molar-refractivity contribution in [2.24, 2.45) is 0 Å². The van der Waals surface area contributed by atoms with Gasteiger partial charge in [0.2, 0.25) is 10.9 Å². The van der Waals surface area contributed by atoms with Gasteiger partial charge in [-0.05, 0) is 30.5 Å². The number of benzene rings is 2. The Hall–Kier alpha value is -2.75. The van der Waals surface area contributed by atoms with Crippen LogP contribution in [0.3, 0.4) is 0 Å². The lowest BCUT2D eigenvalue weighted by molar-refractivity contribution is -0.119. The van der Waals surface area contributed by atoms with Crippen LogP contribution >= 0.6 is 23.1 Å². The standard InChI is InChI=1S/C24H27N5O2S2/c30-21(25-20-11-13-29(14-12-20)15-18-7-3-1-4-8-18)16-32-17-22-27-28-24(33-22)23(31)26-19-9-5-2-6-10-19/h1-10,20H,11-17H2,(H,25,30)(H,26,31). The summed E-state index contributed by atoms with van der Waals surface area (Å²) in [6.45, 7) is 2.95. The van der Waals surface area contributed by atoms with E-state index >= 15 is 0 Å². The van der Waals surface area contributed by atoms with E-state index in [1.807, 2.05) is 36.4 Å². The Labute approximate surface area is 202 Å². The van der Waals surface area contributed by atoms with Gasteiger partial charge in [0, 0.05) is 37.1 Å². The topological polar surface area (TPSA) is 87.2 Å². The summed E-state index contributed by atoms with van der Waals surface area (Å²) in [5, 5.41) is 15.1. The Kier molecular flexibility index (Phi) is 8.46. The summed E-state index contributed by atoms with van der Waals surface area (Å²) in [7, 11) is 0.